The highest BCUT2D eigenvalue weighted by Gasteiger charge is 2.18. The maximum absolute atomic E-state index is 2.37. The van der Waals surface area contributed by atoms with E-state index in [0.29, 0.717) is 0 Å². The predicted molar refractivity (Wildman–Crippen MR) is 212 cm³/mol. The monoisotopic (exact) mass is 638 g/mol. The molecule has 1 heterocycles. The van der Waals surface area contributed by atoms with E-state index < -0.39 is 0 Å². The minimum atomic E-state index is 1.10. The summed E-state index contributed by atoms with van der Waals surface area (Å²) in [5, 5.41) is 2.54. The zero-order valence-corrected chi connectivity index (χ0v) is 27.5. The van der Waals surface area contributed by atoms with Gasteiger partial charge in [-0.3, -0.25) is 0 Å². The Kier molecular flexibility index (Phi) is 7.53. The van der Waals surface area contributed by atoms with Crippen molar-refractivity contribution in [3.63, 3.8) is 0 Å². The molecule has 2 nitrogen and oxygen atoms in total. The van der Waals surface area contributed by atoms with Gasteiger partial charge in [-0.25, -0.2) is 0 Å². The summed E-state index contributed by atoms with van der Waals surface area (Å²) in [5.41, 5.74) is 14.0. The number of para-hydroxylation sites is 3. The lowest BCUT2D eigenvalue weighted by Gasteiger charge is -2.28. The summed E-state index contributed by atoms with van der Waals surface area (Å²) in [6.07, 6.45) is 0. The molecule has 0 aliphatic carbocycles. The van der Waals surface area contributed by atoms with Gasteiger partial charge in [0.1, 0.15) is 0 Å². The Morgan fingerprint density at radius 1 is 0.300 bits per heavy atom. The van der Waals surface area contributed by atoms with Crippen LogP contribution >= 0.6 is 0 Å². The highest BCUT2D eigenvalue weighted by atomic mass is 15.1. The van der Waals surface area contributed by atoms with Crippen LogP contribution in [0.15, 0.2) is 206 Å². The van der Waals surface area contributed by atoms with Gasteiger partial charge in [0.05, 0.1) is 16.7 Å². The van der Waals surface area contributed by atoms with Crippen LogP contribution in [0.1, 0.15) is 0 Å². The first-order chi connectivity index (χ1) is 24.8. The molecule has 236 valence electrons. The molecule has 0 N–H and O–H groups in total. The Balaban J connectivity index is 1.15. The van der Waals surface area contributed by atoms with E-state index in [2.05, 4.69) is 216 Å². The first-order valence-electron chi connectivity index (χ1n) is 17.1. The Morgan fingerprint density at radius 2 is 0.700 bits per heavy atom. The van der Waals surface area contributed by atoms with Gasteiger partial charge in [-0.2, -0.15) is 0 Å². The van der Waals surface area contributed by atoms with Gasteiger partial charge in [-0.05, 0) is 82.4 Å². The maximum Gasteiger partial charge on any atom is 0.0541 e. The molecule has 2 heteroatoms. The molecule has 0 bridgehead atoms. The summed E-state index contributed by atoms with van der Waals surface area (Å²) in [7, 11) is 0. The van der Waals surface area contributed by atoms with Crippen LogP contribution in [-0.4, -0.2) is 4.57 Å². The van der Waals surface area contributed by atoms with Crippen molar-refractivity contribution in [3.8, 4) is 39.1 Å². The molecule has 9 rings (SSSR count). The molecule has 0 aliphatic heterocycles. The second kappa shape index (κ2) is 12.8. The number of hydrogen-bond donors (Lipinski definition) is 0. The van der Waals surface area contributed by atoms with Crippen LogP contribution in [0.4, 0.5) is 17.1 Å². The number of anilines is 3. The molecule has 1 aromatic heterocycles. The average Bonchev–Trinajstić information content (AvgIpc) is 3.54. The highest BCUT2D eigenvalue weighted by Crippen LogP contribution is 2.42. The quantitative estimate of drug-likeness (QED) is 0.169. The topological polar surface area (TPSA) is 8.17 Å². The normalized spacial score (nSPS) is 11.2. The fourth-order valence-electron chi connectivity index (χ4n) is 7.20. The van der Waals surface area contributed by atoms with E-state index in [4.69, 9.17) is 0 Å². The predicted octanol–water partition coefficient (Wildman–Crippen LogP) is 13.3. The van der Waals surface area contributed by atoms with E-state index in [9.17, 15) is 0 Å². The third kappa shape index (κ3) is 5.34. The molecule has 8 aromatic carbocycles. The first kappa shape index (κ1) is 29.5. The van der Waals surface area contributed by atoms with Crippen molar-refractivity contribution in [1.82, 2.24) is 4.57 Å². The third-order valence-electron chi connectivity index (χ3n) is 9.63. The van der Waals surface area contributed by atoms with Gasteiger partial charge < -0.3 is 9.47 Å². The van der Waals surface area contributed by atoms with Gasteiger partial charge in [0.15, 0.2) is 0 Å². The first-order valence-corrected chi connectivity index (χ1v) is 17.1. The second-order valence-electron chi connectivity index (χ2n) is 12.6. The molecule has 0 saturated carbocycles. The Morgan fingerprint density at radius 3 is 1.22 bits per heavy atom. The lowest BCUT2D eigenvalue weighted by atomic mass is 10.00. The van der Waals surface area contributed by atoms with Crippen LogP contribution in [0.5, 0.6) is 0 Å². The Bertz CT molecular complexity index is 2410. The molecular weight excluding hydrogens is 605 g/mol. The number of nitrogens with zero attached hydrogens (tertiary/aromatic N) is 2. The van der Waals surface area contributed by atoms with Gasteiger partial charge in [-0.15, -0.1) is 0 Å². The Labute approximate surface area is 292 Å². The minimum absolute atomic E-state index is 1.10. The summed E-state index contributed by atoms with van der Waals surface area (Å²) in [5.74, 6) is 0. The summed E-state index contributed by atoms with van der Waals surface area (Å²) in [6.45, 7) is 0. The number of fused-ring (bicyclic) bond motifs is 3. The molecule has 0 fully saturated rings. The van der Waals surface area contributed by atoms with E-state index in [1.54, 1.807) is 0 Å². The molecular formula is C48H34N2. The average molecular weight is 639 g/mol. The number of aromatic nitrogens is 1. The van der Waals surface area contributed by atoms with Crippen molar-refractivity contribution in [3.05, 3.63) is 206 Å². The van der Waals surface area contributed by atoms with Crippen LogP contribution in [0, 0.1) is 0 Å². The van der Waals surface area contributed by atoms with Crippen molar-refractivity contribution in [2.45, 2.75) is 0 Å². The molecule has 0 saturated heterocycles. The van der Waals surface area contributed by atoms with Crippen molar-refractivity contribution >= 4 is 38.9 Å². The van der Waals surface area contributed by atoms with Crippen LogP contribution in [0.2, 0.25) is 0 Å². The molecule has 0 spiro atoms. The number of benzene rings is 8. The van der Waals surface area contributed by atoms with Crippen molar-refractivity contribution in [2.24, 2.45) is 0 Å². The molecule has 0 atom stereocenters. The lowest BCUT2D eigenvalue weighted by molar-refractivity contribution is 1.18. The highest BCUT2D eigenvalue weighted by molar-refractivity contribution is 6.09. The van der Waals surface area contributed by atoms with Crippen LogP contribution in [-0.2, 0) is 0 Å². The second-order valence-corrected chi connectivity index (χ2v) is 12.6. The standard InChI is InChI=1S/C48H34N2/c1-3-13-35(14-4-1)37-23-29-40(30-24-37)49(41-31-25-38(26-32-41)36-15-5-2-6-16-36)46-20-10-7-17-43(46)39-27-33-42(34-28-39)50-47-21-11-8-18-44(47)45-19-9-12-22-48(45)50/h1-34H. The molecule has 0 unspecified atom stereocenters. The van der Waals surface area contributed by atoms with Crippen molar-refractivity contribution in [2.75, 3.05) is 4.90 Å². The molecule has 0 aliphatic rings. The molecule has 9 aromatic rings. The fourth-order valence-corrected chi connectivity index (χ4v) is 7.20. The van der Waals surface area contributed by atoms with Crippen molar-refractivity contribution < 1.29 is 0 Å². The van der Waals surface area contributed by atoms with E-state index in [1.165, 1.54) is 49.6 Å². The summed E-state index contributed by atoms with van der Waals surface area (Å²) in [6, 6.07) is 74.0. The van der Waals surface area contributed by atoms with Gasteiger partial charge >= 0.3 is 0 Å². The van der Waals surface area contributed by atoms with Gasteiger partial charge in [-0.1, -0.05) is 152 Å². The molecule has 0 radical (unpaired) electrons. The lowest BCUT2D eigenvalue weighted by Crippen LogP contribution is -2.11. The number of hydrogen-bond acceptors (Lipinski definition) is 1. The van der Waals surface area contributed by atoms with Gasteiger partial charge in [0.2, 0.25) is 0 Å². The van der Waals surface area contributed by atoms with Crippen LogP contribution in [0.3, 0.4) is 0 Å². The van der Waals surface area contributed by atoms with Gasteiger partial charge in [0, 0.05) is 33.4 Å². The fraction of sp³-hybridized carbons (Fsp3) is 0. The van der Waals surface area contributed by atoms with Gasteiger partial charge in [0.25, 0.3) is 0 Å². The minimum Gasteiger partial charge on any atom is -0.310 e. The van der Waals surface area contributed by atoms with E-state index >= 15 is 0 Å². The Hall–Kier alpha value is -6.64. The molecule has 50 heavy (non-hydrogen) atoms. The third-order valence-corrected chi connectivity index (χ3v) is 9.63. The van der Waals surface area contributed by atoms with E-state index in [1.807, 2.05) is 0 Å². The summed E-state index contributed by atoms with van der Waals surface area (Å²) in [4.78, 5) is 2.37. The largest absolute Gasteiger partial charge is 0.310 e. The smallest absolute Gasteiger partial charge is 0.0541 e. The SMILES string of the molecule is c1ccc(-c2ccc(N(c3ccc(-c4ccccc4)cc3)c3ccccc3-c3ccc(-n4c5ccccc5c5ccccc54)cc3)cc2)cc1. The summed E-state index contributed by atoms with van der Waals surface area (Å²) >= 11 is 0. The zero-order chi connectivity index (χ0) is 33.3. The molecule has 0 amide bonds. The van der Waals surface area contributed by atoms with Crippen LogP contribution < -0.4 is 4.90 Å². The number of rotatable bonds is 7. The van der Waals surface area contributed by atoms with E-state index in [0.717, 1.165) is 28.3 Å². The maximum atomic E-state index is 2.37. The van der Waals surface area contributed by atoms with Crippen LogP contribution in [0.25, 0.3) is 60.9 Å². The summed E-state index contributed by atoms with van der Waals surface area (Å²) < 4.78 is 2.37. The zero-order valence-electron chi connectivity index (χ0n) is 27.5. The van der Waals surface area contributed by atoms with E-state index in [-0.39, 0.29) is 0 Å². The van der Waals surface area contributed by atoms with Crippen molar-refractivity contribution in [1.29, 1.82) is 0 Å².